The molecule has 0 aliphatic carbocycles. The molecule has 1 rings (SSSR count). The smallest absolute Gasteiger partial charge is 0.214 e. The van der Waals surface area contributed by atoms with Gasteiger partial charge in [-0.3, -0.25) is 4.98 Å². The molecule has 0 amide bonds. The number of hydrogen-bond donors (Lipinski definition) is 2. The molecule has 0 saturated heterocycles. The molecule has 1 aromatic heterocycles. The van der Waals surface area contributed by atoms with Crippen molar-refractivity contribution in [3.63, 3.8) is 0 Å². The normalized spacial score (nSPS) is 12.8. The van der Waals surface area contributed by atoms with Gasteiger partial charge in [-0.15, -0.1) is 0 Å². The summed E-state index contributed by atoms with van der Waals surface area (Å²) in [7, 11) is -3.35. The summed E-state index contributed by atoms with van der Waals surface area (Å²) in [5, 5.41) is 11.3. The van der Waals surface area contributed by atoms with E-state index >= 15 is 0 Å². The lowest BCUT2D eigenvalue weighted by atomic mass is 10.2. The van der Waals surface area contributed by atoms with Gasteiger partial charge < -0.3 is 10.9 Å². The summed E-state index contributed by atoms with van der Waals surface area (Å²) in [4.78, 5) is 3.89. The zero-order valence-corrected chi connectivity index (χ0v) is 12.3. The molecule has 112 valence electrons. The van der Waals surface area contributed by atoms with E-state index in [2.05, 4.69) is 10.1 Å². The third-order valence-corrected chi connectivity index (χ3v) is 4.84. The van der Waals surface area contributed by atoms with Crippen molar-refractivity contribution in [3.8, 4) is 0 Å². The monoisotopic (exact) mass is 300 g/mol. The minimum Gasteiger partial charge on any atom is -0.409 e. The van der Waals surface area contributed by atoms with Crippen LogP contribution in [0.15, 0.2) is 29.7 Å². The van der Waals surface area contributed by atoms with E-state index in [9.17, 15) is 8.42 Å². The lowest BCUT2D eigenvalue weighted by molar-refractivity contribution is 0.315. The van der Waals surface area contributed by atoms with Crippen LogP contribution in [-0.2, 0) is 16.4 Å². The van der Waals surface area contributed by atoms with Crippen molar-refractivity contribution in [2.75, 3.05) is 18.8 Å². The van der Waals surface area contributed by atoms with Crippen LogP contribution in [0.3, 0.4) is 0 Å². The zero-order valence-electron chi connectivity index (χ0n) is 11.4. The van der Waals surface area contributed by atoms with E-state index in [4.69, 9.17) is 10.9 Å². The molecule has 7 nitrogen and oxygen atoms in total. The van der Waals surface area contributed by atoms with Crippen LogP contribution < -0.4 is 5.73 Å². The molecule has 0 atom stereocenters. The Kier molecular flexibility index (Phi) is 6.40. The van der Waals surface area contributed by atoms with Gasteiger partial charge in [-0.05, 0) is 24.1 Å². The van der Waals surface area contributed by atoms with Gasteiger partial charge in [0.15, 0.2) is 0 Å². The highest BCUT2D eigenvalue weighted by Crippen LogP contribution is 2.07. The van der Waals surface area contributed by atoms with Gasteiger partial charge in [-0.25, -0.2) is 12.7 Å². The molecule has 0 saturated carbocycles. The summed E-state index contributed by atoms with van der Waals surface area (Å²) in [6, 6.07) is 3.59. The minimum atomic E-state index is -3.35. The average Bonchev–Trinajstić information content (AvgIpc) is 2.46. The molecule has 0 bridgehead atoms. The van der Waals surface area contributed by atoms with Crippen molar-refractivity contribution in [2.45, 2.75) is 19.8 Å². The number of hydrogen-bond acceptors (Lipinski definition) is 5. The fourth-order valence-corrected chi connectivity index (χ4v) is 3.22. The molecule has 20 heavy (non-hydrogen) atoms. The van der Waals surface area contributed by atoms with Crippen molar-refractivity contribution in [1.82, 2.24) is 9.29 Å². The van der Waals surface area contributed by atoms with Gasteiger partial charge in [-0.1, -0.05) is 12.1 Å². The first-order chi connectivity index (χ1) is 9.49. The number of sulfonamides is 1. The summed E-state index contributed by atoms with van der Waals surface area (Å²) in [5.41, 5.74) is 6.28. The summed E-state index contributed by atoms with van der Waals surface area (Å²) in [6.07, 6.45) is 3.92. The summed E-state index contributed by atoms with van der Waals surface area (Å²) in [5.74, 6) is 0.0499. The van der Waals surface area contributed by atoms with Crippen LogP contribution in [0.25, 0.3) is 0 Å². The first-order valence-corrected chi connectivity index (χ1v) is 7.93. The van der Waals surface area contributed by atoms with E-state index in [1.165, 1.54) is 4.31 Å². The molecular formula is C12H20N4O3S. The molecule has 0 aliphatic rings. The number of nitrogens with two attached hydrogens (primary N) is 1. The van der Waals surface area contributed by atoms with Crippen LogP contribution in [0.2, 0.25) is 0 Å². The molecule has 0 spiro atoms. The predicted molar refractivity (Wildman–Crippen MR) is 77.0 cm³/mol. The molecule has 8 heteroatoms. The fourth-order valence-electron chi connectivity index (χ4n) is 1.71. The molecule has 0 aliphatic heterocycles. The van der Waals surface area contributed by atoms with Gasteiger partial charge >= 0.3 is 0 Å². The average molecular weight is 300 g/mol. The van der Waals surface area contributed by atoms with Crippen LogP contribution in [0, 0.1) is 0 Å². The van der Waals surface area contributed by atoms with Crippen LogP contribution in [0.1, 0.15) is 18.9 Å². The maximum Gasteiger partial charge on any atom is 0.214 e. The number of aromatic nitrogens is 1. The van der Waals surface area contributed by atoms with Gasteiger partial charge in [-0.2, -0.15) is 0 Å². The molecular weight excluding hydrogens is 280 g/mol. The fraction of sp³-hybridized carbons (Fsp3) is 0.500. The largest absolute Gasteiger partial charge is 0.409 e. The third-order valence-electron chi connectivity index (χ3n) is 2.89. The Balaban J connectivity index is 2.60. The Morgan fingerprint density at radius 2 is 2.10 bits per heavy atom. The first kappa shape index (κ1) is 16.4. The SMILES string of the molecule is CCN(CCC(N)=NO)S(=O)(=O)CCc1ccncc1. The maximum absolute atomic E-state index is 12.2. The number of pyridine rings is 1. The molecule has 0 radical (unpaired) electrons. The van der Waals surface area contributed by atoms with Gasteiger partial charge in [0.1, 0.15) is 5.84 Å². The van der Waals surface area contributed by atoms with E-state index in [0.717, 1.165) is 5.56 Å². The molecule has 0 aromatic carbocycles. The molecule has 0 unspecified atom stereocenters. The van der Waals surface area contributed by atoms with Gasteiger partial charge in [0.2, 0.25) is 10.0 Å². The number of amidine groups is 1. The van der Waals surface area contributed by atoms with Crippen molar-refractivity contribution in [3.05, 3.63) is 30.1 Å². The number of rotatable bonds is 8. The van der Waals surface area contributed by atoms with E-state index < -0.39 is 10.0 Å². The number of oxime groups is 1. The van der Waals surface area contributed by atoms with Gasteiger partial charge in [0.25, 0.3) is 0 Å². The second-order valence-corrected chi connectivity index (χ2v) is 6.34. The first-order valence-electron chi connectivity index (χ1n) is 6.32. The summed E-state index contributed by atoms with van der Waals surface area (Å²) >= 11 is 0. The third kappa shape index (κ3) is 5.14. The second-order valence-electron chi connectivity index (χ2n) is 4.25. The van der Waals surface area contributed by atoms with Crippen LogP contribution in [0.5, 0.6) is 0 Å². The summed E-state index contributed by atoms with van der Waals surface area (Å²) in [6.45, 7) is 2.33. The Morgan fingerprint density at radius 1 is 1.45 bits per heavy atom. The van der Waals surface area contributed by atoms with Crippen LogP contribution >= 0.6 is 0 Å². The van der Waals surface area contributed by atoms with E-state index in [-0.39, 0.29) is 24.6 Å². The van der Waals surface area contributed by atoms with Gasteiger partial charge in [0, 0.05) is 31.9 Å². The highest BCUT2D eigenvalue weighted by atomic mass is 32.2. The van der Waals surface area contributed by atoms with E-state index in [1.807, 2.05) is 0 Å². The highest BCUT2D eigenvalue weighted by Gasteiger charge is 2.20. The molecule has 0 fully saturated rings. The van der Waals surface area contributed by atoms with E-state index in [1.54, 1.807) is 31.5 Å². The standard InChI is InChI=1S/C12H20N4O3S/c1-2-16(9-5-12(13)15-17)20(18,19)10-6-11-3-7-14-8-4-11/h3-4,7-8,17H,2,5-6,9-10H2,1H3,(H2,13,15). The minimum absolute atomic E-state index is 0.0211. The lowest BCUT2D eigenvalue weighted by Gasteiger charge is -2.20. The Labute approximate surface area is 119 Å². The van der Waals surface area contributed by atoms with Crippen molar-refractivity contribution in [2.24, 2.45) is 10.9 Å². The number of nitrogens with zero attached hydrogens (tertiary/aromatic N) is 3. The van der Waals surface area contributed by atoms with Crippen molar-refractivity contribution < 1.29 is 13.6 Å². The Bertz CT molecular complexity index is 531. The summed E-state index contributed by atoms with van der Waals surface area (Å²) < 4.78 is 25.7. The highest BCUT2D eigenvalue weighted by molar-refractivity contribution is 7.89. The predicted octanol–water partition coefficient (Wildman–Crippen LogP) is 0.412. The lowest BCUT2D eigenvalue weighted by Crippen LogP contribution is -2.36. The quantitative estimate of drug-likeness (QED) is 0.313. The number of aryl methyl sites for hydroxylation is 1. The zero-order chi connectivity index (χ0) is 15.0. The van der Waals surface area contributed by atoms with Crippen LogP contribution in [0.4, 0.5) is 0 Å². The van der Waals surface area contributed by atoms with E-state index in [0.29, 0.717) is 13.0 Å². The van der Waals surface area contributed by atoms with Gasteiger partial charge in [0.05, 0.1) is 5.75 Å². The molecule has 1 aromatic rings. The topological polar surface area (TPSA) is 109 Å². The van der Waals surface area contributed by atoms with Crippen LogP contribution in [-0.4, -0.2) is 47.6 Å². The van der Waals surface area contributed by atoms with Crippen molar-refractivity contribution in [1.29, 1.82) is 0 Å². The Morgan fingerprint density at radius 3 is 2.65 bits per heavy atom. The molecule has 3 N–H and O–H groups in total. The van der Waals surface area contributed by atoms with Crippen molar-refractivity contribution >= 4 is 15.9 Å². The second kappa shape index (κ2) is 7.81. The molecule has 1 heterocycles. The Hall–Kier alpha value is -1.67. The maximum atomic E-state index is 12.2.